The van der Waals surface area contributed by atoms with Crippen LogP contribution in [0.2, 0.25) is 0 Å². The summed E-state index contributed by atoms with van der Waals surface area (Å²) in [6.07, 6.45) is 4.23. The van der Waals surface area contributed by atoms with Crippen LogP contribution >= 0.6 is 0 Å². The number of guanidine groups is 1. The summed E-state index contributed by atoms with van der Waals surface area (Å²) in [6, 6.07) is 13.4. The molecule has 1 aliphatic heterocycles. The molecule has 0 bridgehead atoms. The quantitative estimate of drug-likeness (QED) is 0.499. The Morgan fingerprint density at radius 1 is 1.19 bits per heavy atom. The average molecular weight is 357 g/mol. The number of ether oxygens (including phenoxy) is 1. The van der Waals surface area contributed by atoms with Crippen LogP contribution in [-0.4, -0.2) is 43.4 Å². The maximum Gasteiger partial charge on any atom is 0.191 e. The second-order valence-electron chi connectivity index (χ2n) is 6.39. The van der Waals surface area contributed by atoms with E-state index in [2.05, 4.69) is 15.6 Å². The van der Waals surface area contributed by atoms with E-state index in [1.54, 1.807) is 6.26 Å². The number of hydrogen-bond acceptors (Lipinski definition) is 4. The highest BCUT2D eigenvalue weighted by atomic mass is 16.5. The van der Waals surface area contributed by atoms with Crippen LogP contribution in [0.5, 0.6) is 0 Å². The number of nitrogens with zero attached hydrogens (tertiary/aromatic N) is 1. The van der Waals surface area contributed by atoms with Gasteiger partial charge in [-0.25, -0.2) is 0 Å². The van der Waals surface area contributed by atoms with Crippen molar-refractivity contribution in [3.63, 3.8) is 0 Å². The van der Waals surface area contributed by atoms with Crippen molar-refractivity contribution in [1.82, 2.24) is 10.6 Å². The van der Waals surface area contributed by atoms with Gasteiger partial charge in [-0.3, -0.25) is 4.99 Å². The number of hydrogen-bond donors (Lipinski definition) is 3. The molecular weight excluding hydrogens is 330 g/mol. The maximum absolute atomic E-state index is 10.3. The van der Waals surface area contributed by atoms with Gasteiger partial charge < -0.3 is 24.9 Å². The van der Waals surface area contributed by atoms with Crippen molar-refractivity contribution in [3.05, 3.63) is 60.1 Å². The van der Waals surface area contributed by atoms with Crippen LogP contribution in [0.15, 0.2) is 58.1 Å². The number of aliphatic imine (C=N–C) groups is 1. The SMILES string of the molecule is OC(CN=C(NCCc1ccco1)NCC1CCCO1)c1ccccc1. The molecule has 26 heavy (non-hydrogen) atoms. The Morgan fingerprint density at radius 2 is 2.08 bits per heavy atom. The third-order valence-corrected chi connectivity index (χ3v) is 4.37. The zero-order chi connectivity index (χ0) is 18.0. The van der Waals surface area contributed by atoms with Crippen molar-refractivity contribution in [3.8, 4) is 0 Å². The van der Waals surface area contributed by atoms with Gasteiger partial charge in [0, 0.05) is 26.1 Å². The molecule has 1 aromatic carbocycles. The van der Waals surface area contributed by atoms with E-state index in [0.29, 0.717) is 25.6 Å². The summed E-state index contributed by atoms with van der Waals surface area (Å²) in [5.41, 5.74) is 0.866. The van der Waals surface area contributed by atoms with Crippen molar-refractivity contribution in [2.75, 3.05) is 26.2 Å². The Balaban J connectivity index is 1.53. The maximum atomic E-state index is 10.3. The number of furan rings is 1. The van der Waals surface area contributed by atoms with E-state index >= 15 is 0 Å². The molecule has 1 fully saturated rings. The topological polar surface area (TPSA) is 79.0 Å². The van der Waals surface area contributed by atoms with Gasteiger partial charge in [-0.1, -0.05) is 30.3 Å². The molecule has 0 amide bonds. The van der Waals surface area contributed by atoms with E-state index in [-0.39, 0.29) is 6.10 Å². The number of benzene rings is 1. The predicted molar refractivity (Wildman–Crippen MR) is 101 cm³/mol. The molecule has 3 rings (SSSR count). The minimum Gasteiger partial charge on any atom is -0.469 e. The first-order valence-electron chi connectivity index (χ1n) is 9.20. The van der Waals surface area contributed by atoms with Crippen LogP contribution in [0.1, 0.15) is 30.3 Å². The fraction of sp³-hybridized carbons (Fsp3) is 0.450. The van der Waals surface area contributed by atoms with E-state index in [0.717, 1.165) is 37.2 Å². The van der Waals surface area contributed by atoms with Gasteiger partial charge in [0.1, 0.15) is 5.76 Å². The molecule has 2 aromatic rings. The minimum absolute atomic E-state index is 0.228. The molecule has 2 atom stereocenters. The summed E-state index contributed by atoms with van der Waals surface area (Å²) in [5, 5.41) is 16.9. The lowest BCUT2D eigenvalue weighted by atomic mass is 10.1. The summed E-state index contributed by atoms with van der Waals surface area (Å²) in [5.74, 6) is 1.61. The summed E-state index contributed by atoms with van der Waals surface area (Å²) in [4.78, 5) is 4.54. The molecule has 6 heteroatoms. The largest absolute Gasteiger partial charge is 0.469 e. The van der Waals surface area contributed by atoms with Gasteiger partial charge in [-0.2, -0.15) is 0 Å². The van der Waals surface area contributed by atoms with E-state index in [9.17, 15) is 5.11 Å². The lowest BCUT2D eigenvalue weighted by Crippen LogP contribution is -2.42. The predicted octanol–water partition coefficient (Wildman–Crippen LogP) is 2.27. The summed E-state index contributed by atoms with van der Waals surface area (Å²) in [7, 11) is 0. The molecule has 1 aromatic heterocycles. The Morgan fingerprint density at radius 3 is 2.81 bits per heavy atom. The molecule has 0 saturated carbocycles. The first-order valence-corrected chi connectivity index (χ1v) is 9.20. The second kappa shape index (κ2) is 9.99. The number of aliphatic hydroxyl groups is 1. The lowest BCUT2D eigenvalue weighted by molar-refractivity contribution is 0.113. The molecule has 0 spiro atoms. The zero-order valence-electron chi connectivity index (χ0n) is 14.9. The van der Waals surface area contributed by atoms with Crippen molar-refractivity contribution in [2.24, 2.45) is 4.99 Å². The molecule has 2 unspecified atom stereocenters. The Bertz CT molecular complexity index is 652. The highest BCUT2D eigenvalue weighted by Crippen LogP contribution is 2.12. The highest BCUT2D eigenvalue weighted by Gasteiger charge is 2.16. The average Bonchev–Trinajstić information content (AvgIpc) is 3.38. The first kappa shape index (κ1) is 18.5. The lowest BCUT2D eigenvalue weighted by Gasteiger charge is -2.16. The van der Waals surface area contributed by atoms with Gasteiger partial charge in [0.05, 0.1) is 25.0 Å². The fourth-order valence-electron chi connectivity index (χ4n) is 2.91. The normalized spacial score (nSPS) is 18.7. The summed E-state index contributed by atoms with van der Waals surface area (Å²) in [6.45, 7) is 2.55. The van der Waals surface area contributed by atoms with Crippen molar-refractivity contribution in [2.45, 2.75) is 31.5 Å². The first-order chi connectivity index (χ1) is 12.8. The third-order valence-electron chi connectivity index (χ3n) is 4.37. The Labute approximate surface area is 154 Å². The zero-order valence-corrected chi connectivity index (χ0v) is 14.9. The Hall–Kier alpha value is -2.31. The van der Waals surface area contributed by atoms with Gasteiger partial charge in [-0.05, 0) is 30.5 Å². The van der Waals surface area contributed by atoms with Crippen LogP contribution in [-0.2, 0) is 11.2 Å². The number of nitrogens with one attached hydrogen (secondary N) is 2. The Kier molecular flexibility index (Phi) is 7.10. The molecule has 0 aliphatic carbocycles. The summed E-state index contributed by atoms with van der Waals surface area (Å²) < 4.78 is 11.0. The monoisotopic (exact) mass is 357 g/mol. The van der Waals surface area contributed by atoms with E-state index in [1.165, 1.54) is 0 Å². The van der Waals surface area contributed by atoms with Crippen molar-refractivity contribution in [1.29, 1.82) is 0 Å². The molecular formula is C20H27N3O3. The molecule has 1 aliphatic rings. The van der Waals surface area contributed by atoms with E-state index in [1.807, 2.05) is 42.5 Å². The molecule has 1 saturated heterocycles. The van der Waals surface area contributed by atoms with Gasteiger partial charge in [0.15, 0.2) is 5.96 Å². The van der Waals surface area contributed by atoms with E-state index in [4.69, 9.17) is 9.15 Å². The van der Waals surface area contributed by atoms with Crippen LogP contribution in [0.4, 0.5) is 0 Å². The van der Waals surface area contributed by atoms with Gasteiger partial charge >= 0.3 is 0 Å². The highest BCUT2D eigenvalue weighted by molar-refractivity contribution is 5.79. The number of aliphatic hydroxyl groups excluding tert-OH is 1. The van der Waals surface area contributed by atoms with Crippen molar-refractivity contribution >= 4 is 5.96 Å². The van der Waals surface area contributed by atoms with Gasteiger partial charge in [-0.15, -0.1) is 0 Å². The molecule has 2 heterocycles. The molecule has 6 nitrogen and oxygen atoms in total. The van der Waals surface area contributed by atoms with Crippen LogP contribution in [0, 0.1) is 0 Å². The van der Waals surface area contributed by atoms with Crippen molar-refractivity contribution < 1.29 is 14.3 Å². The third kappa shape index (κ3) is 5.89. The van der Waals surface area contributed by atoms with Crippen LogP contribution in [0.3, 0.4) is 0 Å². The molecule has 3 N–H and O–H groups in total. The van der Waals surface area contributed by atoms with Gasteiger partial charge in [0.25, 0.3) is 0 Å². The summed E-state index contributed by atoms with van der Waals surface area (Å²) >= 11 is 0. The fourth-order valence-corrected chi connectivity index (χ4v) is 2.91. The molecule has 0 radical (unpaired) electrons. The smallest absolute Gasteiger partial charge is 0.191 e. The molecule has 140 valence electrons. The standard InChI is InChI=1S/C20H27N3O3/c24-19(16-6-2-1-3-7-16)15-23-20(22-14-18-9-5-13-26-18)21-11-10-17-8-4-12-25-17/h1-4,6-8,12,18-19,24H,5,9-11,13-15H2,(H2,21,22,23). The second-order valence-corrected chi connectivity index (χ2v) is 6.39. The minimum atomic E-state index is -0.623. The van der Waals surface area contributed by atoms with Gasteiger partial charge in [0.2, 0.25) is 0 Å². The van der Waals surface area contributed by atoms with Crippen LogP contribution in [0.25, 0.3) is 0 Å². The number of rotatable bonds is 8. The van der Waals surface area contributed by atoms with E-state index < -0.39 is 6.10 Å². The van der Waals surface area contributed by atoms with Crippen LogP contribution < -0.4 is 10.6 Å².